The van der Waals surface area contributed by atoms with Crippen LogP contribution in [0, 0.1) is 5.92 Å². The Kier molecular flexibility index (Phi) is 4.01. The Morgan fingerprint density at radius 1 is 1.50 bits per heavy atom. The highest BCUT2D eigenvalue weighted by atomic mass is 35.5. The molecule has 2 aliphatic heterocycles. The lowest BCUT2D eigenvalue weighted by molar-refractivity contribution is -0.121. The van der Waals surface area contributed by atoms with Crippen molar-refractivity contribution in [3.63, 3.8) is 0 Å². The first-order chi connectivity index (χ1) is 9.10. The minimum absolute atomic E-state index is 0. The van der Waals surface area contributed by atoms with E-state index in [4.69, 9.17) is 10.5 Å². The number of aliphatic imine (C=N–C) groups is 1. The molecule has 0 saturated carbocycles. The normalized spacial score (nSPS) is 24.9. The molecule has 0 aromatic carbocycles. The van der Waals surface area contributed by atoms with E-state index in [9.17, 15) is 4.79 Å². The minimum Gasteiger partial charge on any atom is -0.501 e. The van der Waals surface area contributed by atoms with Gasteiger partial charge in [0.15, 0.2) is 0 Å². The van der Waals surface area contributed by atoms with E-state index >= 15 is 0 Å². The van der Waals surface area contributed by atoms with E-state index in [1.807, 2.05) is 19.2 Å². The van der Waals surface area contributed by atoms with Gasteiger partial charge in [-0.1, -0.05) is 0 Å². The van der Waals surface area contributed by atoms with Crippen LogP contribution in [-0.2, 0) is 9.53 Å². The molecule has 2 heterocycles. The van der Waals surface area contributed by atoms with Crippen molar-refractivity contribution in [3.05, 3.63) is 34.8 Å². The monoisotopic (exact) mass is 295 g/mol. The van der Waals surface area contributed by atoms with Crippen LogP contribution >= 0.6 is 12.4 Å². The number of primary amides is 1. The Bertz CT molecular complexity index is 575. The van der Waals surface area contributed by atoms with Gasteiger partial charge in [0, 0.05) is 19.5 Å². The van der Waals surface area contributed by atoms with Gasteiger partial charge in [0.1, 0.15) is 5.76 Å². The number of hydrogen-bond acceptors (Lipinski definition) is 4. The number of piperidine rings is 1. The summed E-state index contributed by atoms with van der Waals surface area (Å²) in [5.74, 6) is 0.343. The molecule has 1 amide bonds. The average molecular weight is 296 g/mol. The van der Waals surface area contributed by atoms with Gasteiger partial charge in [-0.2, -0.15) is 0 Å². The molecule has 1 saturated heterocycles. The van der Waals surface area contributed by atoms with Crippen LogP contribution < -0.4 is 5.73 Å². The fourth-order valence-corrected chi connectivity index (χ4v) is 2.94. The zero-order valence-electron chi connectivity index (χ0n) is 11.5. The van der Waals surface area contributed by atoms with E-state index in [1.165, 1.54) is 0 Å². The largest absolute Gasteiger partial charge is 0.501 e. The first-order valence-corrected chi connectivity index (χ1v) is 6.34. The van der Waals surface area contributed by atoms with Gasteiger partial charge in [-0.05, 0) is 30.3 Å². The third kappa shape index (κ3) is 2.27. The summed E-state index contributed by atoms with van der Waals surface area (Å²) in [7, 11) is 3.64. The highest BCUT2D eigenvalue weighted by molar-refractivity contribution is 6.11. The first kappa shape index (κ1) is 14.8. The summed E-state index contributed by atoms with van der Waals surface area (Å²) in [5.41, 5.74) is 9.61. The van der Waals surface area contributed by atoms with Crippen LogP contribution in [0.3, 0.4) is 0 Å². The molecule has 0 aromatic rings. The highest BCUT2D eigenvalue weighted by Crippen LogP contribution is 2.39. The molecule has 3 aliphatic rings. The van der Waals surface area contributed by atoms with Crippen LogP contribution in [0.4, 0.5) is 0 Å². The molecule has 6 heteroatoms. The number of carbonyl (C=O) groups excluding carboxylic acids is 1. The number of nitrogens with zero attached hydrogens (tertiary/aromatic N) is 2. The molecule has 1 aliphatic carbocycles. The smallest absolute Gasteiger partial charge is 0.226 e. The predicted octanol–water partition coefficient (Wildman–Crippen LogP) is 1.02. The van der Waals surface area contributed by atoms with Crippen LogP contribution in [0.25, 0.3) is 0 Å². The molecule has 0 aromatic heterocycles. The predicted molar refractivity (Wildman–Crippen MR) is 79.7 cm³/mol. The molecular weight excluding hydrogens is 278 g/mol. The van der Waals surface area contributed by atoms with Crippen LogP contribution in [0.15, 0.2) is 39.7 Å². The lowest BCUT2D eigenvalue weighted by atomic mass is 9.85. The number of ether oxygens (including phenoxy) is 1. The van der Waals surface area contributed by atoms with Crippen LogP contribution in [0.1, 0.15) is 6.42 Å². The Hall–Kier alpha value is -1.59. The maximum atomic E-state index is 11.7. The van der Waals surface area contributed by atoms with Gasteiger partial charge < -0.3 is 10.5 Å². The van der Waals surface area contributed by atoms with Crippen molar-refractivity contribution in [2.24, 2.45) is 16.6 Å². The van der Waals surface area contributed by atoms with E-state index in [0.717, 1.165) is 34.9 Å². The molecule has 108 valence electrons. The number of amides is 1. The van der Waals surface area contributed by atoms with Crippen molar-refractivity contribution in [3.8, 4) is 0 Å². The quantitative estimate of drug-likeness (QED) is 0.827. The third-order valence-corrected chi connectivity index (χ3v) is 3.85. The van der Waals surface area contributed by atoms with Crippen LogP contribution in [-0.4, -0.2) is 43.8 Å². The van der Waals surface area contributed by atoms with E-state index in [1.54, 1.807) is 7.11 Å². The second kappa shape index (κ2) is 5.42. The number of methoxy groups -OCH3 is 1. The van der Waals surface area contributed by atoms with Crippen molar-refractivity contribution in [2.75, 3.05) is 27.2 Å². The SMILES string of the molecule is COC1=CC=C2N=C3CN(C)CC(C(N)=O)C3=C2C1.Cl. The van der Waals surface area contributed by atoms with E-state index < -0.39 is 0 Å². The van der Waals surface area contributed by atoms with Gasteiger partial charge in [0.2, 0.25) is 5.91 Å². The second-order valence-electron chi connectivity index (χ2n) is 5.17. The van der Waals surface area contributed by atoms with Gasteiger partial charge in [0.25, 0.3) is 0 Å². The minimum atomic E-state index is -0.281. The first-order valence-electron chi connectivity index (χ1n) is 6.34. The number of halogens is 1. The van der Waals surface area contributed by atoms with Gasteiger partial charge in [-0.25, -0.2) is 0 Å². The van der Waals surface area contributed by atoms with Crippen molar-refractivity contribution in [1.82, 2.24) is 4.90 Å². The average Bonchev–Trinajstić information content (AvgIpc) is 2.74. The van der Waals surface area contributed by atoms with Crippen LogP contribution in [0.5, 0.6) is 0 Å². The molecule has 1 atom stereocenters. The van der Waals surface area contributed by atoms with Crippen molar-refractivity contribution >= 4 is 24.0 Å². The zero-order chi connectivity index (χ0) is 13.6. The van der Waals surface area contributed by atoms with E-state index in [0.29, 0.717) is 13.0 Å². The van der Waals surface area contributed by atoms with Crippen molar-refractivity contribution < 1.29 is 9.53 Å². The lowest BCUT2D eigenvalue weighted by Crippen LogP contribution is -2.45. The molecule has 0 bridgehead atoms. The summed E-state index contributed by atoms with van der Waals surface area (Å²) >= 11 is 0. The number of allylic oxidation sites excluding steroid dienone is 4. The number of rotatable bonds is 2. The van der Waals surface area contributed by atoms with Gasteiger partial charge in [-0.15, -0.1) is 12.4 Å². The topological polar surface area (TPSA) is 67.9 Å². The molecule has 3 rings (SSSR count). The Morgan fingerprint density at radius 2 is 2.25 bits per heavy atom. The maximum Gasteiger partial charge on any atom is 0.226 e. The summed E-state index contributed by atoms with van der Waals surface area (Å²) in [6.45, 7) is 1.43. The van der Waals surface area contributed by atoms with Gasteiger partial charge >= 0.3 is 0 Å². The summed E-state index contributed by atoms with van der Waals surface area (Å²) in [6.07, 6.45) is 4.58. The summed E-state index contributed by atoms with van der Waals surface area (Å²) in [5, 5.41) is 0. The standard InChI is InChI=1S/C14H17N3O2.ClH/c1-17-6-10(14(15)18)13-9-5-8(19-2)3-4-11(9)16-12(13)7-17;/h3-4,10H,5-7H2,1-2H3,(H2,15,18);1H. The number of carbonyl (C=O) groups is 1. The van der Waals surface area contributed by atoms with Gasteiger partial charge in [0.05, 0.1) is 24.4 Å². The van der Waals surface area contributed by atoms with E-state index in [-0.39, 0.29) is 24.2 Å². The molecule has 1 fully saturated rings. The molecule has 2 N–H and O–H groups in total. The Balaban J connectivity index is 0.00000147. The highest BCUT2D eigenvalue weighted by Gasteiger charge is 2.38. The number of likely N-dealkylation sites (tertiary alicyclic amines) is 1. The Morgan fingerprint density at radius 3 is 2.90 bits per heavy atom. The lowest BCUT2D eigenvalue weighted by Gasteiger charge is -2.30. The molecule has 20 heavy (non-hydrogen) atoms. The van der Waals surface area contributed by atoms with Crippen molar-refractivity contribution in [2.45, 2.75) is 6.42 Å². The molecule has 1 unspecified atom stereocenters. The number of hydrogen-bond donors (Lipinski definition) is 1. The third-order valence-electron chi connectivity index (χ3n) is 3.85. The summed E-state index contributed by atoms with van der Waals surface area (Å²) < 4.78 is 5.30. The second-order valence-corrected chi connectivity index (χ2v) is 5.17. The summed E-state index contributed by atoms with van der Waals surface area (Å²) in [6, 6.07) is 0. The Labute approximate surface area is 124 Å². The summed E-state index contributed by atoms with van der Waals surface area (Å²) in [4.78, 5) is 18.4. The molecule has 0 spiro atoms. The maximum absolute atomic E-state index is 11.7. The molecule has 0 radical (unpaired) electrons. The molecule has 5 nitrogen and oxygen atoms in total. The van der Waals surface area contributed by atoms with Gasteiger partial charge in [-0.3, -0.25) is 14.7 Å². The van der Waals surface area contributed by atoms with E-state index in [2.05, 4.69) is 9.89 Å². The van der Waals surface area contributed by atoms with Crippen molar-refractivity contribution in [1.29, 1.82) is 0 Å². The number of fused-ring (bicyclic) bond motifs is 2. The van der Waals surface area contributed by atoms with Crippen LogP contribution in [0.2, 0.25) is 0 Å². The fraction of sp³-hybridized carbons (Fsp3) is 0.429. The number of nitrogens with two attached hydrogens (primary N) is 1. The fourth-order valence-electron chi connectivity index (χ4n) is 2.94. The zero-order valence-corrected chi connectivity index (χ0v) is 12.4. The molecular formula is C14H18ClN3O2.